The smallest absolute Gasteiger partial charge is 0.416 e. The Kier molecular flexibility index (Phi) is 5.20. The van der Waals surface area contributed by atoms with Crippen LogP contribution in [0.2, 0.25) is 0 Å². The van der Waals surface area contributed by atoms with Gasteiger partial charge in [0.05, 0.1) is 0 Å². The van der Waals surface area contributed by atoms with Gasteiger partial charge in [-0.25, -0.2) is 9.59 Å². The van der Waals surface area contributed by atoms with Gasteiger partial charge < -0.3 is 9.47 Å². The molecule has 0 aromatic heterocycles. The van der Waals surface area contributed by atoms with Crippen molar-refractivity contribution in [2.75, 3.05) is 13.1 Å². The summed E-state index contributed by atoms with van der Waals surface area (Å²) in [5.41, 5.74) is -1.22. The van der Waals surface area contributed by atoms with Gasteiger partial charge in [-0.05, 0) is 60.2 Å². The minimum atomic E-state index is -0.610. The number of nitrogens with zero attached hydrogens (tertiary/aromatic N) is 2. The minimum absolute atomic E-state index is 0.129. The first-order valence-electron chi connectivity index (χ1n) is 6.96. The molecule has 7 heteroatoms. The molecule has 0 aliphatic carbocycles. The van der Waals surface area contributed by atoms with Crippen LogP contribution in [-0.4, -0.2) is 51.4 Å². The van der Waals surface area contributed by atoms with Crippen LogP contribution in [0.4, 0.5) is 9.59 Å². The number of carbonyl (C=O) groups is 2. The molecule has 1 fully saturated rings. The summed E-state index contributed by atoms with van der Waals surface area (Å²) in [6, 6.07) is 0. The Bertz CT molecular complexity index is 399. The summed E-state index contributed by atoms with van der Waals surface area (Å²) in [5.74, 6) is 0. The molecule has 0 unspecified atom stereocenters. The summed E-state index contributed by atoms with van der Waals surface area (Å²) in [6.45, 7) is 11.6. The number of thiocarbonyl (C=S) groups is 1. The topological polar surface area (TPSA) is 59.1 Å². The van der Waals surface area contributed by atoms with Gasteiger partial charge in [-0.1, -0.05) is 0 Å². The Labute approximate surface area is 131 Å². The fraction of sp³-hybridized carbons (Fsp3) is 0.786. The van der Waals surface area contributed by atoms with Crippen LogP contribution in [0.25, 0.3) is 0 Å². The second kappa shape index (κ2) is 6.17. The second-order valence-electron chi connectivity index (χ2n) is 6.90. The van der Waals surface area contributed by atoms with Crippen molar-refractivity contribution in [2.24, 2.45) is 0 Å². The second-order valence-corrected chi connectivity index (χ2v) is 7.27. The summed E-state index contributed by atoms with van der Waals surface area (Å²) in [7, 11) is 0. The first-order chi connectivity index (χ1) is 9.41. The predicted octanol–water partition coefficient (Wildman–Crippen LogP) is 3.15. The molecule has 6 nitrogen and oxygen atoms in total. The predicted molar refractivity (Wildman–Crippen MR) is 83.1 cm³/mol. The summed E-state index contributed by atoms with van der Waals surface area (Å²) < 4.78 is 10.6. The number of ether oxygens (including phenoxy) is 2. The SMILES string of the molecule is CC(C)(C)OC(=O)N1CCCN(C(=O)OC(C)(C)C)C1=S. The third-order valence-electron chi connectivity index (χ3n) is 2.45. The van der Waals surface area contributed by atoms with E-state index in [0.29, 0.717) is 19.5 Å². The van der Waals surface area contributed by atoms with Crippen molar-refractivity contribution in [3.63, 3.8) is 0 Å². The van der Waals surface area contributed by atoms with Gasteiger partial charge in [-0.15, -0.1) is 0 Å². The molecule has 21 heavy (non-hydrogen) atoms. The maximum atomic E-state index is 12.1. The van der Waals surface area contributed by atoms with Crippen LogP contribution in [-0.2, 0) is 9.47 Å². The number of carbonyl (C=O) groups excluding carboxylic acids is 2. The molecule has 1 aliphatic rings. The van der Waals surface area contributed by atoms with Crippen molar-refractivity contribution in [3.8, 4) is 0 Å². The Hall–Kier alpha value is -1.37. The Balaban J connectivity index is 2.77. The summed E-state index contributed by atoms with van der Waals surface area (Å²) in [5, 5.41) is 0.129. The molecule has 0 radical (unpaired) electrons. The Morgan fingerprint density at radius 1 is 0.905 bits per heavy atom. The number of hydrogen-bond donors (Lipinski definition) is 0. The van der Waals surface area contributed by atoms with Gasteiger partial charge in [0, 0.05) is 13.1 Å². The molecule has 0 aromatic carbocycles. The number of hydrogen-bond acceptors (Lipinski definition) is 5. The lowest BCUT2D eigenvalue weighted by molar-refractivity contribution is 0.0236. The fourth-order valence-electron chi connectivity index (χ4n) is 1.70. The first kappa shape index (κ1) is 17.7. The van der Waals surface area contributed by atoms with Crippen LogP contribution in [0.5, 0.6) is 0 Å². The van der Waals surface area contributed by atoms with Crippen molar-refractivity contribution in [3.05, 3.63) is 0 Å². The zero-order valence-electron chi connectivity index (χ0n) is 13.6. The monoisotopic (exact) mass is 316 g/mol. The molecule has 0 saturated carbocycles. The largest absolute Gasteiger partial charge is 0.443 e. The molecule has 0 spiro atoms. The molecule has 0 atom stereocenters. The van der Waals surface area contributed by atoms with Gasteiger partial charge in [-0.2, -0.15) is 0 Å². The molecule has 2 amide bonds. The van der Waals surface area contributed by atoms with Crippen LogP contribution in [0.1, 0.15) is 48.0 Å². The molecule has 1 saturated heterocycles. The molecule has 120 valence electrons. The van der Waals surface area contributed by atoms with Crippen molar-refractivity contribution < 1.29 is 19.1 Å². The molecule has 1 heterocycles. The third-order valence-corrected chi connectivity index (χ3v) is 2.89. The highest BCUT2D eigenvalue weighted by atomic mass is 32.1. The van der Waals surface area contributed by atoms with Crippen molar-refractivity contribution in [1.82, 2.24) is 9.80 Å². The van der Waals surface area contributed by atoms with E-state index in [1.807, 2.05) is 0 Å². The summed E-state index contributed by atoms with van der Waals surface area (Å²) in [6.07, 6.45) is -0.458. The first-order valence-corrected chi connectivity index (χ1v) is 7.36. The zero-order chi connectivity index (χ0) is 16.4. The van der Waals surface area contributed by atoms with Crippen LogP contribution >= 0.6 is 12.2 Å². The van der Waals surface area contributed by atoms with Crippen LogP contribution in [0, 0.1) is 0 Å². The molecule has 0 bridgehead atoms. The van der Waals surface area contributed by atoms with E-state index < -0.39 is 23.4 Å². The van der Waals surface area contributed by atoms with Crippen molar-refractivity contribution in [1.29, 1.82) is 0 Å². The quantitative estimate of drug-likeness (QED) is 0.643. The fourth-order valence-corrected chi connectivity index (χ4v) is 2.03. The average molecular weight is 316 g/mol. The Morgan fingerprint density at radius 3 is 1.52 bits per heavy atom. The van der Waals surface area contributed by atoms with Crippen molar-refractivity contribution >= 4 is 29.5 Å². The van der Waals surface area contributed by atoms with E-state index >= 15 is 0 Å². The third kappa shape index (κ3) is 5.49. The van der Waals surface area contributed by atoms with E-state index in [2.05, 4.69) is 0 Å². The maximum Gasteiger partial charge on any atom is 0.416 e. The van der Waals surface area contributed by atoms with E-state index in [-0.39, 0.29) is 5.11 Å². The van der Waals surface area contributed by atoms with E-state index in [9.17, 15) is 9.59 Å². The lowest BCUT2D eigenvalue weighted by Gasteiger charge is -2.37. The number of rotatable bonds is 0. The highest BCUT2D eigenvalue weighted by Crippen LogP contribution is 2.18. The highest BCUT2D eigenvalue weighted by Gasteiger charge is 2.35. The van der Waals surface area contributed by atoms with Crippen LogP contribution < -0.4 is 0 Å². The standard InChI is InChI=1S/C14H24N2O4S/c1-13(2,3)19-11(17)15-8-7-9-16(10(15)21)12(18)20-14(4,5)6/h7-9H2,1-6H3. The maximum absolute atomic E-state index is 12.1. The Morgan fingerprint density at radius 2 is 1.24 bits per heavy atom. The molecule has 0 N–H and O–H groups in total. The lowest BCUT2D eigenvalue weighted by Crippen LogP contribution is -2.55. The van der Waals surface area contributed by atoms with Gasteiger partial charge >= 0.3 is 12.2 Å². The molecule has 1 rings (SSSR count). The van der Waals surface area contributed by atoms with Crippen LogP contribution in [0.3, 0.4) is 0 Å². The summed E-state index contributed by atoms with van der Waals surface area (Å²) >= 11 is 5.23. The van der Waals surface area contributed by atoms with E-state index in [4.69, 9.17) is 21.7 Å². The molecule has 1 aliphatic heterocycles. The van der Waals surface area contributed by atoms with E-state index in [1.54, 1.807) is 41.5 Å². The lowest BCUT2D eigenvalue weighted by atomic mass is 10.2. The van der Waals surface area contributed by atoms with Gasteiger partial charge in [-0.3, -0.25) is 9.80 Å². The summed E-state index contributed by atoms with van der Waals surface area (Å²) in [4.78, 5) is 26.8. The van der Waals surface area contributed by atoms with Crippen LogP contribution in [0.15, 0.2) is 0 Å². The zero-order valence-corrected chi connectivity index (χ0v) is 14.4. The highest BCUT2D eigenvalue weighted by molar-refractivity contribution is 7.80. The molecular formula is C14H24N2O4S. The van der Waals surface area contributed by atoms with Crippen molar-refractivity contribution in [2.45, 2.75) is 59.2 Å². The van der Waals surface area contributed by atoms with Gasteiger partial charge in [0.1, 0.15) is 11.2 Å². The average Bonchev–Trinajstić information content (AvgIpc) is 2.23. The normalized spacial score (nSPS) is 16.8. The molecule has 0 aromatic rings. The minimum Gasteiger partial charge on any atom is -0.443 e. The van der Waals surface area contributed by atoms with Gasteiger partial charge in [0.15, 0.2) is 5.11 Å². The van der Waals surface area contributed by atoms with E-state index in [0.717, 1.165) is 0 Å². The number of amides is 2. The van der Waals surface area contributed by atoms with E-state index in [1.165, 1.54) is 9.80 Å². The van der Waals surface area contributed by atoms with Gasteiger partial charge in [0.25, 0.3) is 0 Å². The molecular weight excluding hydrogens is 292 g/mol. The van der Waals surface area contributed by atoms with Gasteiger partial charge in [0.2, 0.25) is 0 Å².